The van der Waals surface area contributed by atoms with E-state index in [1.165, 1.54) is 0 Å². The Balaban J connectivity index is 2.73. The smallest absolute Gasteiger partial charge is 0.0439 e. The van der Waals surface area contributed by atoms with Gasteiger partial charge in [-0.05, 0) is 36.4 Å². The van der Waals surface area contributed by atoms with Gasteiger partial charge in [0, 0.05) is 21.8 Å². The van der Waals surface area contributed by atoms with Gasteiger partial charge in [0.15, 0.2) is 0 Å². The molecule has 3 N–H and O–H groups in total. The van der Waals surface area contributed by atoms with Crippen LogP contribution >= 0.6 is 35.0 Å². The van der Waals surface area contributed by atoms with Crippen molar-refractivity contribution in [1.82, 2.24) is 5.43 Å². The molecule has 84 valence electrons. The molecular formula is C10H14Cl2N2S. The predicted octanol–water partition coefficient (Wildman–Crippen LogP) is 2.73. The summed E-state index contributed by atoms with van der Waals surface area (Å²) in [6, 6.07) is 5.70. The fourth-order valence-electron chi connectivity index (χ4n) is 1.33. The first-order valence-corrected chi connectivity index (χ1v) is 6.71. The molecule has 1 aromatic rings. The maximum absolute atomic E-state index is 6.06. The third-order valence-electron chi connectivity index (χ3n) is 2.08. The first-order valence-electron chi connectivity index (χ1n) is 4.56. The van der Waals surface area contributed by atoms with Crippen LogP contribution in [0.5, 0.6) is 0 Å². The molecule has 0 aliphatic heterocycles. The highest BCUT2D eigenvalue weighted by Gasteiger charge is 2.09. The summed E-state index contributed by atoms with van der Waals surface area (Å²) in [7, 11) is 0. The predicted molar refractivity (Wildman–Crippen MR) is 69.7 cm³/mol. The Morgan fingerprint density at radius 3 is 2.80 bits per heavy atom. The number of hydrogen-bond acceptors (Lipinski definition) is 3. The minimum absolute atomic E-state index is 0.218. The SMILES string of the molecule is CSCC(Cc1cc(Cl)ccc1Cl)NN. The van der Waals surface area contributed by atoms with Gasteiger partial charge in [0.25, 0.3) is 0 Å². The van der Waals surface area contributed by atoms with Crippen LogP contribution in [0.25, 0.3) is 0 Å². The molecule has 1 aromatic carbocycles. The first kappa shape index (κ1) is 13.1. The molecule has 0 radical (unpaired) electrons. The van der Waals surface area contributed by atoms with Gasteiger partial charge in [-0.2, -0.15) is 11.8 Å². The van der Waals surface area contributed by atoms with Crippen LogP contribution in [0, 0.1) is 0 Å². The van der Waals surface area contributed by atoms with Crippen molar-refractivity contribution < 1.29 is 0 Å². The van der Waals surface area contributed by atoms with E-state index in [-0.39, 0.29) is 6.04 Å². The molecule has 0 aromatic heterocycles. The van der Waals surface area contributed by atoms with Crippen LogP contribution in [0.4, 0.5) is 0 Å². The Labute approximate surface area is 104 Å². The van der Waals surface area contributed by atoms with Crippen LogP contribution in [0.15, 0.2) is 18.2 Å². The van der Waals surface area contributed by atoms with Crippen molar-refractivity contribution in [2.75, 3.05) is 12.0 Å². The lowest BCUT2D eigenvalue weighted by Gasteiger charge is -2.15. The standard InChI is InChI=1S/C10H14Cl2N2S/c1-15-6-9(14-13)5-7-4-8(11)2-3-10(7)12/h2-4,9,14H,5-6,13H2,1H3. The molecule has 0 spiro atoms. The number of nitrogens with one attached hydrogen (secondary N) is 1. The summed E-state index contributed by atoms with van der Waals surface area (Å²) in [6.45, 7) is 0. The summed E-state index contributed by atoms with van der Waals surface area (Å²) in [6.07, 6.45) is 2.83. The second-order valence-electron chi connectivity index (χ2n) is 3.26. The van der Waals surface area contributed by atoms with Gasteiger partial charge in [-0.1, -0.05) is 23.2 Å². The van der Waals surface area contributed by atoms with Gasteiger partial charge >= 0.3 is 0 Å². The van der Waals surface area contributed by atoms with Gasteiger partial charge < -0.3 is 0 Å². The summed E-state index contributed by atoms with van der Waals surface area (Å²) in [5.74, 6) is 6.40. The van der Waals surface area contributed by atoms with E-state index in [9.17, 15) is 0 Å². The zero-order valence-corrected chi connectivity index (χ0v) is 10.8. The summed E-state index contributed by atoms with van der Waals surface area (Å²) < 4.78 is 0. The molecule has 1 atom stereocenters. The average molecular weight is 265 g/mol. The zero-order chi connectivity index (χ0) is 11.3. The van der Waals surface area contributed by atoms with E-state index >= 15 is 0 Å². The number of hydrogen-bond donors (Lipinski definition) is 2. The van der Waals surface area contributed by atoms with Crippen molar-refractivity contribution >= 4 is 35.0 Å². The zero-order valence-electron chi connectivity index (χ0n) is 8.47. The number of halogens is 2. The second kappa shape index (κ2) is 6.61. The van der Waals surface area contributed by atoms with Crippen molar-refractivity contribution in [3.05, 3.63) is 33.8 Å². The van der Waals surface area contributed by atoms with E-state index in [4.69, 9.17) is 29.0 Å². The van der Waals surface area contributed by atoms with Gasteiger partial charge in [-0.15, -0.1) is 0 Å². The molecule has 2 nitrogen and oxygen atoms in total. The monoisotopic (exact) mass is 264 g/mol. The van der Waals surface area contributed by atoms with Crippen LogP contribution < -0.4 is 11.3 Å². The Bertz CT molecular complexity index is 320. The lowest BCUT2D eigenvalue weighted by atomic mass is 10.1. The fraction of sp³-hybridized carbons (Fsp3) is 0.400. The molecule has 1 unspecified atom stereocenters. The van der Waals surface area contributed by atoms with Crippen molar-refractivity contribution in [3.63, 3.8) is 0 Å². The van der Waals surface area contributed by atoms with E-state index < -0.39 is 0 Å². The van der Waals surface area contributed by atoms with Crippen molar-refractivity contribution in [3.8, 4) is 0 Å². The Morgan fingerprint density at radius 1 is 1.47 bits per heavy atom. The first-order chi connectivity index (χ1) is 7.17. The second-order valence-corrected chi connectivity index (χ2v) is 5.01. The van der Waals surface area contributed by atoms with Crippen LogP contribution in [0.1, 0.15) is 5.56 Å². The molecular weight excluding hydrogens is 251 g/mol. The fourth-order valence-corrected chi connectivity index (χ4v) is 2.34. The molecule has 0 fully saturated rings. The van der Waals surface area contributed by atoms with E-state index in [1.54, 1.807) is 17.8 Å². The van der Waals surface area contributed by atoms with Crippen molar-refractivity contribution in [1.29, 1.82) is 0 Å². The van der Waals surface area contributed by atoms with Crippen LogP contribution in [-0.2, 0) is 6.42 Å². The van der Waals surface area contributed by atoms with Crippen molar-refractivity contribution in [2.24, 2.45) is 5.84 Å². The maximum Gasteiger partial charge on any atom is 0.0439 e. The molecule has 5 heteroatoms. The lowest BCUT2D eigenvalue weighted by molar-refractivity contribution is 0.576. The van der Waals surface area contributed by atoms with Crippen molar-refractivity contribution in [2.45, 2.75) is 12.5 Å². The van der Waals surface area contributed by atoms with Crippen LogP contribution in [0.3, 0.4) is 0 Å². The van der Waals surface area contributed by atoms with Crippen LogP contribution in [0.2, 0.25) is 10.0 Å². The molecule has 0 bridgehead atoms. The summed E-state index contributed by atoms with van der Waals surface area (Å²) in [4.78, 5) is 0. The number of thioether (sulfide) groups is 1. The highest BCUT2D eigenvalue weighted by atomic mass is 35.5. The average Bonchev–Trinajstić information content (AvgIpc) is 2.22. The molecule has 0 aliphatic carbocycles. The molecule has 0 heterocycles. The summed E-state index contributed by atoms with van der Waals surface area (Å²) >= 11 is 13.7. The number of benzene rings is 1. The molecule has 0 amide bonds. The van der Waals surface area contributed by atoms with Gasteiger partial charge in [0.05, 0.1) is 0 Å². The number of hydrazine groups is 1. The topological polar surface area (TPSA) is 38.0 Å². The number of nitrogens with two attached hydrogens (primary N) is 1. The Kier molecular flexibility index (Phi) is 5.79. The number of rotatable bonds is 5. The minimum Gasteiger partial charge on any atom is -0.271 e. The lowest BCUT2D eigenvalue weighted by Crippen LogP contribution is -2.38. The van der Waals surface area contributed by atoms with E-state index in [0.29, 0.717) is 5.02 Å². The highest BCUT2D eigenvalue weighted by Crippen LogP contribution is 2.22. The van der Waals surface area contributed by atoms with Gasteiger partial charge in [0.1, 0.15) is 0 Å². The quantitative estimate of drug-likeness (QED) is 0.635. The van der Waals surface area contributed by atoms with E-state index in [2.05, 4.69) is 5.43 Å². The molecule has 0 saturated heterocycles. The summed E-state index contributed by atoms with van der Waals surface area (Å²) in [5.41, 5.74) is 3.80. The van der Waals surface area contributed by atoms with Gasteiger partial charge in [0.2, 0.25) is 0 Å². The molecule has 1 rings (SSSR count). The largest absolute Gasteiger partial charge is 0.271 e. The van der Waals surface area contributed by atoms with Gasteiger partial charge in [-0.3, -0.25) is 11.3 Å². The van der Waals surface area contributed by atoms with E-state index in [0.717, 1.165) is 22.8 Å². The molecule has 0 aliphatic rings. The summed E-state index contributed by atoms with van der Waals surface area (Å²) in [5, 5.41) is 1.44. The maximum atomic E-state index is 6.06. The Morgan fingerprint density at radius 2 is 2.20 bits per heavy atom. The highest BCUT2D eigenvalue weighted by molar-refractivity contribution is 7.98. The molecule has 0 saturated carbocycles. The normalized spacial score (nSPS) is 12.8. The van der Waals surface area contributed by atoms with E-state index in [1.807, 2.05) is 18.4 Å². The minimum atomic E-state index is 0.218. The third-order valence-corrected chi connectivity index (χ3v) is 3.42. The Hall–Kier alpha value is 0.0700. The van der Waals surface area contributed by atoms with Gasteiger partial charge in [-0.25, -0.2) is 0 Å². The molecule has 15 heavy (non-hydrogen) atoms. The van der Waals surface area contributed by atoms with Crippen LogP contribution in [-0.4, -0.2) is 18.1 Å². The third kappa shape index (κ3) is 4.21.